The third kappa shape index (κ3) is 19.7. The van der Waals surface area contributed by atoms with Crippen LogP contribution in [0.15, 0.2) is 53.0 Å². The van der Waals surface area contributed by atoms with E-state index >= 15 is 0 Å². The fourth-order valence-electron chi connectivity index (χ4n) is 4.27. The number of nitrogens with two attached hydrogens (primary N) is 1. The van der Waals surface area contributed by atoms with E-state index in [1.54, 1.807) is 7.11 Å². The van der Waals surface area contributed by atoms with E-state index in [1.807, 2.05) is 40.7 Å². The third-order valence-corrected chi connectivity index (χ3v) is 6.02. The number of allylic oxidation sites excluding steroid dienone is 3. The van der Waals surface area contributed by atoms with E-state index in [9.17, 15) is 5.11 Å². The van der Waals surface area contributed by atoms with Gasteiger partial charge in [-0.3, -0.25) is 0 Å². The zero-order valence-electron chi connectivity index (χ0n) is 29.2. The molecular formula is C36H65NO6. The molecule has 1 saturated heterocycles. The highest BCUT2D eigenvalue weighted by Crippen LogP contribution is 2.31. The summed E-state index contributed by atoms with van der Waals surface area (Å²) in [4.78, 5) is 0. The van der Waals surface area contributed by atoms with Gasteiger partial charge in [0.2, 0.25) is 0 Å². The molecule has 1 aromatic rings. The number of aryl methyl sites for hydroxylation is 1. The summed E-state index contributed by atoms with van der Waals surface area (Å²) in [6.07, 6.45) is 7.73. The van der Waals surface area contributed by atoms with Gasteiger partial charge in [0, 0.05) is 18.9 Å². The first-order valence-corrected chi connectivity index (χ1v) is 16.2. The fourth-order valence-corrected chi connectivity index (χ4v) is 4.27. The van der Waals surface area contributed by atoms with Crippen molar-refractivity contribution in [2.45, 2.75) is 119 Å². The summed E-state index contributed by atoms with van der Waals surface area (Å²) in [5.41, 5.74) is 9.24. The molecule has 4 N–H and O–H groups in total. The third-order valence-electron chi connectivity index (χ3n) is 6.02. The summed E-state index contributed by atoms with van der Waals surface area (Å²) in [6, 6.07) is 8.57. The molecule has 0 spiro atoms. The molecule has 0 aromatic heterocycles. The first-order valence-electron chi connectivity index (χ1n) is 16.2. The van der Waals surface area contributed by atoms with Crippen molar-refractivity contribution in [2.75, 3.05) is 34.0 Å². The number of aliphatic hydroxyl groups is 2. The predicted octanol–water partition coefficient (Wildman–Crippen LogP) is 7.80. The van der Waals surface area contributed by atoms with Gasteiger partial charge >= 0.3 is 0 Å². The van der Waals surface area contributed by atoms with Crippen LogP contribution in [0.2, 0.25) is 0 Å². The molecule has 0 saturated carbocycles. The van der Waals surface area contributed by atoms with Gasteiger partial charge in [0.05, 0.1) is 32.5 Å². The number of rotatable bonds is 11. The van der Waals surface area contributed by atoms with E-state index in [0.717, 1.165) is 47.8 Å². The first kappa shape index (κ1) is 43.0. The van der Waals surface area contributed by atoms with Gasteiger partial charge in [-0.2, -0.15) is 0 Å². The van der Waals surface area contributed by atoms with E-state index in [-0.39, 0.29) is 19.3 Å². The van der Waals surface area contributed by atoms with Gasteiger partial charge in [0.1, 0.15) is 18.1 Å². The van der Waals surface area contributed by atoms with Crippen LogP contribution in [0, 0.1) is 5.92 Å². The van der Waals surface area contributed by atoms with Gasteiger partial charge < -0.3 is 34.9 Å². The summed E-state index contributed by atoms with van der Waals surface area (Å²) in [5, 5.41) is 19.1. The van der Waals surface area contributed by atoms with Crippen LogP contribution in [0.25, 0.3) is 6.08 Å². The van der Waals surface area contributed by atoms with Crippen molar-refractivity contribution in [3.05, 3.63) is 64.1 Å². The number of hydrogen-bond donors (Lipinski definition) is 3. The number of hydrogen-bond acceptors (Lipinski definition) is 7. The van der Waals surface area contributed by atoms with Crippen molar-refractivity contribution < 1.29 is 29.2 Å². The Morgan fingerprint density at radius 2 is 1.65 bits per heavy atom. The van der Waals surface area contributed by atoms with Gasteiger partial charge in [-0.25, -0.2) is 0 Å². The van der Waals surface area contributed by atoms with Crippen molar-refractivity contribution >= 4 is 6.08 Å². The summed E-state index contributed by atoms with van der Waals surface area (Å²) < 4.78 is 23.2. The average Bonchev–Trinajstić information content (AvgIpc) is 3.02. The van der Waals surface area contributed by atoms with Crippen LogP contribution in [0.1, 0.15) is 106 Å². The van der Waals surface area contributed by atoms with Crippen molar-refractivity contribution in [3.63, 3.8) is 0 Å². The summed E-state index contributed by atoms with van der Waals surface area (Å²) in [5.74, 6) is 2.47. The summed E-state index contributed by atoms with van der Waals surface area (Å²) in [7, 11) is 3.17. The Bertz CT molecular complexity index is 879. The molecule has 1 aliphatic heterocycles. The molecule has 3 rings (SSSR count). The Morgan fingerprint density at radius 1 is 1.05 bits per heavy atom. The van der Waals surface area contributed by atoms with Gasteiger partial charge in [-0.05, 0) is 67.8 Å². The minimum Gasteiger partial charge on any atom is -0.497 e. The Hall–Kier alpha value is -2.16. The maximum absolute atomic E-state index is 10.1. The molecule has 43 heavy (non-hydrogen) atoms. The molecule has 1 heterocycles. The van der Waals surface area contributed by atoms with Crippen molar-refractivity contribution in [3.8, 4) is 0 Å². The molecule has 1 aromatic carbocycles. The van der Waals surface area contributed by atoms with Crippen LogP contribution in [0.5, 0.6) is 0 Å². The van der Waals surface area contributed by atoms with Crippen LogP contribution in [0.3, 0.4) is 0 Å². The highest BCUT2D eigenvalue weighted by molar-refractivity contribution is 5.54. The maximum atomic E-state index is 10.1. The SMILES string of the molecule is CC.CC.CC(C)C.CCc1ccc(/C=C(/COC2CC(O)C[C@@H](C)O2)CC2=C(OC)C=C(OCCO)CC2)cc1.CN. The Kier molecular flexibility index (Phi) is 27.4. The lowest BCUT2D eigenvalue weighted by Gasteiger charge is -2.31. The Morgan fingerprint density at radius 3 is 2.16 bits per heavy atom. The smallest absolute Gasteiger partial charge is 0.160 e. The number of benzene rings is 1. The normalized spacial score (nSPS) is 19.7. The lowest BCUT2D eigenvalue weighted by Crippen LogP contribution is -2.36. The highest BCUT2D eigenvalue weighted by Gasteiger charge is 2.26. The minimum atomic E-state index is -0.407. The number of aliphatic hydroxyl groups excluding tert-OH is 2. The molecule has 0 radical (unpaired) electrons. The topological polar surface area (TPSA) is 103 Å². The highest BCUT2D eigenvalue weighted by atomic mass is 16.7. The fraction of sp³-hybridized carbons (Fsp3) is 0.667. The standard InChI is InChI=1S/C27H38O6.C4H10.2C2H6.CH5N/c1-4-20-5-7-21(8-6-20)14-22(18-32-27-16-24(29)13-19(2)33-27)15-23-9-10-25(31-12-11-28)17-26(23)30-3;1-4(2)3;3*1-2/h5-8,14,17,19,24,27-29H,4,9-13,15-16,18H2,1-3H3;4H,1-3H3;2*1-2H3;2H2,1H3/b22-14+;;;;/t19-,24?,27?;;;;/m1..../s1. The largest absolute Gasteiger partial charge is 0.497 e. The predicted molar refractivity (Wildman–Crippen MR) is 182 cm³/mol. The lowest BCUT2D eigenvalue weighted by molar-refractivity contribution is -0.206. The molecule has 3 atom stereocenters. The lowest BCUT2D eigenvalue weighted by atomic mass is 9.94. The van der Waals surface area contributed by atoms with Crippen molar-refractivity contribution in [1.82, 2.24) is 0 Å². The van der Waals surface area contributed by atoms with Gasteiger partial charge in [0.25, 0.3) is 0 Å². The molecule has 250 valence electrons. The van der Waals surface area contributed by atoms with Gasteiger partial charge in [0.15, 0.2) is 6.29 Å². The van der Waals surface area contributed by atoms with Crippen LogP contribution in [-0.2, 0) is 25.4 Å². The minimum absolute atomic E-state index is 0.00613. The molecule has 0 bridgehead atoms. The average molecular weight is 608 g/mol. The zero-order valence-corrected chi connectivity index (χ0v) is 29.2. The van der Waals surface area contributed by atoms with Crippen molar-refractivity contribution in [2.24, 2.45) is 11.7 Å². The second kappa shape index (κ2) is 27.4. The molecule has 2 aliphatic rings. The van der Waals surface area contributed by atoms with E-state index in [0.29, 0.717) is 25.9 Å². The quantitative estimate of drug-likeness (QED) is 0.236. The maximum Gasteiger partial charge on any atom is 0.160 e. The molecule has 0 amide bonds. The van der Waals surface area contributed by atoms with Crippen LogP contribution >= 0.6 is 0 Å². The second-order valence-electron chi connectivity index (χ2n) is 10.5. The molecular weight excluding hydrogens is 542 g/mol. The molecule has 1 aliphatic carbocycles. The number of methoxy groups -OCH3 is 1. The molecule has 1 fully saturated rings. The number of ether oxygens (including phenoxy) is 4. The monoisotopic (exact) mass is 607 g/mol. The summed E-state index contributed by atoms with van der Waals surface area (Å²) in [6.45, 7) is 19.3. The van der Waals surface area contributed by atoms with Gasteiger partial charge in [-0.15, -0.1) is 0 Å². The Balaban J connectivity index is 0. The molecule has 2 unspecified atom stereocenters. The van der Waals surface area contributed by atoms with E-state index in [4.69, 9.17) is 24.1 Å². The Labute approximate surface area is 264 Å². The second-order valence-corrected chi connectivity index (χ2v) is 10.5. The van der Waals surface area contributed by atoms with Crippen LogP contribution < -0.4 is 5.73 Å². The zero-order chi connectivity index (χ0) is 33.2. The van der Waals surface area contributed by atoms with Crippen molar-refractivity contribution in [1.29, 1.82) is 0 Å². The van der Waals surface area contributed by atoms with Crippen LogP contribution in [0.4, 0.5) is 0 Å². The van der Waals surface area contributed by atoms with E-state index in [1.165, 1.54) is 18.2 Å². The van der Waals surface area contributed by atoms with Crippen LogP contribution in [-0.4, -0.2) is 62.7 Å². The first-order chi connectivity index (χ1) is 20.7. The summed E-state index contributed by atoms with van der Waals surface area (Å²) >= 11 is 0. The molecule has 7 nitrogen and oxygen atoms in total. The molecule has 7 heteroatoms. The van der Waals surface area contributed by atoms with E-state index < -0.39 is 12.4 Å². The van der Waals surface area contributed by atoms with E-state index in [2.05, 4.69) is 63.8 Å². The van der Waals surface area contributed by atoms with Gasteiger partial charge in [-0.1, -0.05) is 85.7 Å².